The third-order valence-corrected chi connectivity index (χ3v) is 11.9. The zero-order valence-corrected chi connectivity index (χ0v) is 22.5. The van der Waals surface area contributed by atoms with E-state index in [9.17, 15) is 4.79 Å². The lowest BCUT2D eigenvalue weighted by atomic mass is 9.40. The topological polar surface area (TPSA) is 38.8 Å². The second-order valence-corrected chi connectivity index (χ2v) is 13.7. The van der Waals surface area contributed by atoms with Gasteiger partial charge in [-0.25, -0.2) is 4.79 Å². The number of allylic oxidation sites excluding steroid dienone is 1. The second kappa shape index (κ2) is 7.84. The molecule has 0 radical (unpaired) electrons. The molecular weight excluding hydrogens is 502 g/mol. The number of halogens is 1. The van der Waals surface area contributed by atoms with Crippen molar-refractivity contribution in [2.75, 3.05) is 18.5 Å². The molecule has 1 heterocycles. The summed E-state index contributed by atoms with van der Waals surface area (Å²) in [6.45, 7) is 9.01. The Hall–Kier alpha value is -1.33. The largest absolute Gasteiger partial charge is 0.445 e. The van der Waals surface area contributed by atoms with Crippen LogP contribution in [0.5, 0.6) is 0 Å². The highest BCUT2D eigenvalue weighted by molar-refractivity contribution is 9.09. The lowest BCUT2D eigenvalue weighted by Gasteiger charge is -2.63. The zero-order chi connectivity index (χ0) is 24.0. The third kappa shape index (κ3) is 2.92. The SMILES string of the molecule is C=C1C[C@]23C[C@H]4[C@@H]5[C@@](C)(CCC[C@]56C(OCCBr)C2C[C@H]1C[C@H]36)CN4C(=O)OCc1ccccc1. The number of ether oxygens (including phenoxy) is 2. The molecule has 2 unspecified atom stereocenters. The van der Waals surface area contributed by atoms with Gasteiger partial charge in [0, 0.05) is 23.3 Å². The minimum absolute atomic E-state index is 0.113. The van der Waals surface area contributed by atoms with Gasteiger partial charge in [-0.1, -0.05) is 71.8 Å². The summed E-state index contributed by atoms with van der Waals surface area (Å²) in [5.41, 5.74) is 3.13. The van der Waals surface area contributed by atoms with Crippen molar-refractivity contribution in [2.45, 2.75) is 70.6 Å². The van der Waals surface area contributed by atoms with Crippen LogP contribution in [0.1, 0.15) is 57.4 Å². The molecular formula is C30H38BrNO3. The standard InChI is InChI=1S/C30H38BrNO3/c1-19-15-29-16-23-25-28(2,18-32(23)27(33)35-17-20-7-4-3-5-8-20)9-6-10-30(25)24(29)14-21(19)13-22(29)26(30)34-12-11-31/h3-5,7-8,21-26H,1,6,9-18H2,2H3/t21-,22?,23-,24+,25+,26?,28-,29-,30+/m0/s1. The normalized spacial score (nSPS) is 46.6. The van der Waals surface area contributed by atoms with E-state index in [-0.39, 0.29) is 28.4 Å². The van der Waals surface area contributed by atoms with Crippen molar-refractivity contribution in [3.63, 3.8) is 0 Å². The molecule has 8 rings (SSSR count). The van der Waals surface area contributed by atoms with Crippen LogP contribution in [-0.4, -0.2) is 41.6 Å². The van der Waals surface area contributed by atoms with Crippen LogP contribution < -0.4 is 0 Å². The van der Waals surface area contributed by atoms with Gasteiger partial charge < -0.3 is 14.4 Å². The molecule has 1 saturated heterocycles. The van der Waals surface area contributed by atoms with Crippen molar-refractivity contribution in [3.05, 3.63) is 48.0 Å². The maximum Gasteiger partial charge on any atom is 0.410 e. The first-order chi connectivity index (χ1) is 16.9. The van der Waals surface area contributed by atoms with E-state index in [1.165, 1.54) is 37.7 Å². The van der Waals surface area contributed by atoms with Crippen molar-refractivity contribution in [3.8, 4) is 0 Å². The molecule has 6 aliphatic carbocycles. The monoisotopic (exact) mass is 539 g/mol. The van der Waals surface area contributed by atoms with Gasteiger partial charge in [0.2, 0.25) is 0 Å². The van der Waals surface area contributed by atoms with E-state index >= 15 is 0 Å². The molecule has 9 atom stereocenters. The van der Waals surface area contributed by atoms with Crippen LogP contribution >= 0.6 is 15.9 Å². The first-order valence-electron chi connectivity index (χ1n) is 13.8. The molecule has 1 aromatic rings. The average Bonchev–Trinajstić information content (AvgIpc) is 3.15. The summed E-state index contributed by atoms with van der Waals surface area (Å²) < 4.78 is 12.8. The van der Waals surface area contributed by atoms with Crippen LogP contribution in [0.3, 0.4) is 0 Å². The van der Waals surface area contributed by atoms with Gasteiger partial charge in [0.05, 0.1) is 12.7 Å². The Morgan fingerprint density at radius 1 is 1.23 bits per heavy atom. The van der Waals surface area contributed by atoms with E-state index in [1.807, 2.05) is 30.3 Å². The lowest BCUT2D eigenvalue weighted by molar-refractivity contribution is -0.153. The molecule has 4 nitrogen and oxygen atoms in total. The minimum Gasteiger partial charge on any atom is -0.445 e. The van der Waals surface area contributed by atoms with Gasteiger partial charge >= 0.3 is 6.09 Å². The lowest BCUT2D eigenvalue weighted by Crippen LogP contribution is -2.61. The van der Waals surface area contributed by atoms with Crippen molar-refractivity contribution in [1.29, 1.82) is 0 Å². The molecule has 7 fully saturated rings. The van der Waals surface area contributed by atoms with Crippen molar-refractivity contribution in [1.82, 2.24) is 4.90 Å². The highest BCUT2D eigenvalue weighted by Crippen LogP contribution is 2.82. The highest BCUT2D eigenvalue weighted by Gasteiger charge is 2.81. The van der Waals surface area contributed by atoms with Crippen LogP contribution in [0, 0.1) is 39.9 Å². The quantitative estimate of drug-likeness (QED) is 0.313. The van der Waals surface area contributed by atoms with Crippen LogP contribution in [0.2, 0.25) is 0 Å². The molecule has 35 heavy (non-hydrogen) atoms. The fourth-order valence-electron chi connectivity index (χ4n) is 10.9. The van der Waals surface area contributed by atoms with E-state index in [0.29, 0.717) is 30.5 Å². The number of rotatable bonds is 5. The molecule has 7 aliphatic rings. The molecule has 0 N–H and O–H groups in total. The number of amides is 1. The Morgan fingerprint density at radius 2 is 2.06 bits per heavy atom. The summed E-state index contributed by atoms with van der Waals surface area (Å²) in [6, 6.07) is 10.3. The molecule has 1 aliphatic heterocycles. The average molecular weight is 541 g/mol. The number of carbonyl (C=O) groups excluding carboxylic acids is 1. The molecule has 5 heteroatoms. The Labute approximate surface area is 217 Å². The van der Waals surface area contributed by atoms with Gasteiger partial charge in [-0.2, -0.15) is 0 Å². The maximum atomic E-state index is 13.7. The molecule has 188 valence electrons. The number of nitrogens with zero attached hydrogens (tertiary/aromatic N) is 1. The number of hydrogen-bond donors (Lipinski definition) is 0. The smallest absolute Gasteiger partial charge is 0.410 e. The van der Waals surface area contributed by atoms with Gasteiger partial charge in [-0.3, -0.25) is 0 Å². The Bertz CT molecular complexity index is 1050. The Balaban J connectivity index is 1.27. The van der Waals surface area contributed by atoms with Gasteiger partial charge in [-0.05, 0) is 78.6 Å². The van der Waals surface area contributed by atoms with Crippen molar-refractivity contribution in [2.24, 2.45) is 39.9 Å². The number of fused-ring (bicyclic) bond motifs is 1. The summed E-state index contributed by atoms with van der Waals surface area (Å²) in [5, 5.41) is 0.892. The summed E-state index contributed by atoms with van der Waals surface area (Å²) in [5.74, 6) is 2.54. The highest BCUT2D eigenvalue weighted by atomic mass is 79.9. The fourth-order valence-corrected chi connectivity index (χ4v) is 11.1. The number of carbonyl (C=O) groups is 1. The Morgan fingerprint density at radius 3 is 2.86 bits per heavy atom. The first-order valence-corrected chi connectivity index (χ1v) is 14.9. The third-order valence-electron chi connectivity index (χ3n) is 11.6. The van der Waals surface area contributed by atoms with E-state index in [1.54, 1.807) is 0 Å². The van der Waals surface area contributed by atoms with Gasteiger partial charge in [-0.15, -0.1) is 0 Å². The summed E-state index contributed by atoms with van der Waals surface area (Å²) in [4.78, 5) is 15.8. The van der Waals surface area contributed by atoms with Crippen LogP contribution in [0.4, 0.5) is 4.79 Å². The fraction of sp³-hybridized carbons (Fsp3) is 0.700. The van der Waals surface area contributed by atoms with Crippen LogP contribution in [-0.2, 0) is 16.1 Å². The molecule has 0 aromatic heterocycles. The first kappa shape index (κ1) is 22.8. The zero-order valence-electron chi connectivity index (χ0n) is 20.9. The van der Waals surface area contributed by atoms with Crippen molar-refractivity contribution >= 4 is 22.0 Å². The molecule has 2 spiro atoms. The number of hydrogen-bond acceptors (Lipinski definition) is 3. The maximum absolute atomic E-state index is 13.7. The van der Waals surface area contributed by atoms with E-state index < -0.39 is 0 Å². The second-order valence-electron chi connectivity index (χ2n) is 12.9. The van der Waals surface area contributed by atoms with Crippen LogP contribution in [0.15, 0.2) is 42.5 Å². The van der Waals surface area contributed by atoms with E-state index in [2.05, 4.69) is 34.3 Å². The molecule has 1 aromatic carbocycles. The summed E-state index contributed by atoms with van der Waals surface area (Å²) in [7, 11) is 0. The number of alkyl halides is 1. The summed E-state index contributed by atoms with van der Waals surface area (Å²) >= 11 is 3.64. The van der Waals surface area contributed by atoms with Crippen LogP contribution in [0.25, 0.3) is 0 Å². The minimum atomic E-state index is -0.113. The van der Waals surface area contributed by atoms with Gasteiger partial charge in [0.25, 0.3) is 0 Å². The predicted octanol–water partition coefficient (Wildman–Crippen LogP) is 6.59. The van der Waals surface area contributed by atoms with E-state index in [4.69, 9.17) is 9.47 Å². The van der Waals surface area contributed by atoms with Crippen molar-refractivity contribution < 1.29 is 14.3 Å². The van der Waals surface area contributed by atoms with E-state index in [0.717, 1.165) is 42.8 Å². The Kier molecular flexibility index (Phi) is 5.11. The number of benzene rings is 1. The number of likely N-dealkylation sites (tertiary alicyclic amines) is 1. The predicted molar refractivity (Wildman–Crippen MR) is 139 cm³/mol. The summed E-state index contributed by atoms with van der Waals surface area (Å²) in [6.07, 6.45) is 8.78. The molecule has 5 bridgehead atoms. The molecule has 6 saturated carbocycles. The molecule has 1 amide bonds. The van der Waals surface area contributed by atoms with Gasteiger partial charge in [0.1, 0.15) is 6.61 Å². The van der Waals surface area contributed by atoms with Gasteiger partial charge in [0.15, 0.2) is 0 Å².